The van der Waals surface area contributed by atoms with Gasteiger partial charge >= 0.3 is 0 Å². The lowest BCUT2D eigenvalue weighted by atomic mass is 9.87. The molecule has 1 N–H and O–H groups in total. The highest BCUT2D eigenvalue weighted by molar-refractivity contribution is 5.26. The minimum atomic E-state index is -0.143. The smallest absolute Gasteiger partial charge is 0.123 e. The fourth-order valence-corrected chi connectivity index (χ4v) is 2.02. The highest BCUT2D eigenvalue weighted by atomic mass is 19.1. The van der Waals surface area contributed by atoms with Crippen molar-refractivity contribution in [3.63, 3.8) is 0 Å². The van der Waals surface area contributed by atoms with Crippen molar-refractivity contribution in [3.05, 3.63) is 35.1 Å². The zero-order chi connectivity index (χ0) is 13.1. The van der Waals surface area contributed by atoms with E-state index in [1.54, 1.807) is 12.1 Å². The first-order valence-corrected chi connectivity index (χ1v) is 6.26. The molecule has 0 aliphatic heterocycles. The van der Waals surface area contributed by atoms with E-state index in [1.807, 2.05) is 14.0 Å². The maximum Gasteiger partial charge on any atom is 0.123 e. The third-order valence-corrected chi connectivity index (χ3v) is 3.00. The molecule has 0 amide bonds. The Morgan fingerprint density at radius 1 is 1.24 bits per heavy atom. The van der Waals surface area contributed by atoms with Gasteiger partial charge in [-0.3, -0.25) is 0 Å². The van der Waals surface area contributed by atoms with Crippen LogP contribution in [0.25, 0.3) is 0 Å². The number of aryl methyl sites for hydroxylation is 1. The molecular weight excluding hydrogens is 213 g/mol. The molecule has 2 heteroatoms. The van der Waals surface area contributed by atoms with E-state index in [0.717, 1.165) is 24.0 Å². The number of hydrogen-bond acceptors (Lipinski definition) is 1. The maximum absolute atomic E-state index is 13.4. The molecule has 0 saturated heterocycles. The van der Waals surface area contributed by atoms with Gasteiger partial charge in [0.15, 0.2) is 0 Å². The number of rotatable bonds is 4. The van der Waals surface area contributed by atoms with E-state index in [4.69, 9.17) is 0 Å². The summed E-state index contributed by atoms with van der Waals surface area (Å²) in [6.07, 6.45) is 2.15. The van der Waals surface area contributed by atoms with E-state index < -0.39 is 0 Å². The zero-order valence-electron chi connectivity index (χ0n) is 11.6. The first kappa shape index (κ1) is 14.2. The van der Waals surface area contributed by atoms with Crippen molar-refractivity contribution in [1.29, 1.82) is 0 Å². The molecule has 1 unspecified atom stereocenters. The largest absolute Gasteiger partial charge is 0.313 e. The Morgan fingerprint density at radius 2 is 1.88 bits per heavy atom. The molecule has 0 aromatic heterocycles. The standard InChI is InChI=1S/C15H24FN/c1-11-8-12(10-13(16)9-11)14(17-5)6-7-15(2,3)4/h8-10,14,17H,6-7H2,1-5H3. The van der Waals surface area contributed by atoms with Gasteiger partial charge in [-0.15, -0.1) is 0 Å². The minimum Gasteiger partial charge on any atom is -0.313 e. The van der Waals surface area contributed by atoms with Gasteiger partial charge in [-0.1, -0.05) is 26.8 Å². The molecular formula is C15H24FN. The van der Waals surface area contributed by atoms with E-state index in [9.17, 15) is 4.39 Å². The van der Waals surface area contributed by atoms with Crippen LogP contribution in [0.15, 0.2) is 18.2 Å². The number of benzene rings is 1. The Kier molecular flexibility index (Phi) is 4.70. The van der Waals surface area contributed by atoms with Crippen molar-refractivity contribution in [2.75, 3.05) is 7.05 Å². The molecule has 0 aliphatic rings. The molecule has 17 heavy (non-hydrogen) atoms. The SMILES string of the molecule is CNC(CCC(C)(C)C)c1cc(C)cc(F)c1. The summed E-state index contributed by atoms with van der Waals surface area (Å²) in [5.41, 5.74) is 2.35. The van der Waals surface area contributed by atoms with Crippen molar-refractivity contribution in [3.8, 4) is 0 Å². The van der Waals surface area contributed by atoms with Crippen LogP contribution in [0.2, 0.25) is 0 Å². The van der Waals surface area contributed by atoms with Crippen molar-refractivity contribution >= 4 is 0 Å². The Bertz CT molecular complexity index is 345. The summed E-state index contributed by atoms with van der Waals surface area (Å²) in [5.74, 6) is -0.143. The average molecular weight is 237 g/mol. The quantitative estimate of drug-likeness (QED) is 0.826. The summed E-state index contributed by atoms with van der Waals surface area (Å²) in [6.45, 7) is 8.63. The summed E-state index contributed by atoms with van der Waals surface area (Å²) in [7, 11) is 1.94. The molecule has 1 aromatic rings. The highest BCUT2D eigenvalue weighted by Crippen LogP contribution is 2.27. The molecule has 1 aromatic carbocycles. The second kappa shape index (κ2) is 5.63. The van der Waals surface area contributed by atoms with Crippen LogP contribution in [0.4, 0.5) is 4.39 Å². The van der Waals surface area contributed by atoms with Gasteiger partial charge in [0.25, 0.3) is 0 Å². The van der Waals surface area contributed by atoms with Crippen LogP contribution in [0.1, 0.15) is 50.8 Å². The molecule has 0 heterocycles. The van der Waals surface area contributed by atoms with Crippen LogP contribution >= 0.6 is 0 Å². The molecule has 0 radical (unpaired) electrons. The molecule has 96 valence electrons. The molecule has 0 spiro atoms. The van der Waals surface area contributed by atoms with Gasteiger partial charge in [0, 0.05) is 6.04 Å². The fourth-order valence-electron chi connectivity index (χ4n) is 2.02. The fraction of sp³-hybridized carbons (Fsp3) is 0.600. The topological polar surface area (TPSA) is 12.0 Å². The Morgan fingerprint density at radius 3 is 2.35 bits per heavy atom. The second-order valence-corrected chi connectivity index (χ2v) is 6.00. The van der Waals surface area contributed by atoms with Gasteiger partial charge in [-0.2, -0.15) is 0 Å². The van der Waals surface area contributed by atoms with Crippen LogP contribution in [-0.2, 0) is 0 Å². The van der Waals surface area contributed by atoms with Crippen LogP contribution in [0, 0.1) is 18.2 Å². The predicted octanol–water partition coefficient (Wildman–Crippen LogP) is 4.22. The summed E-state index contributed by atoms with van der Waals surface area (Å²) < 4.78 is 13.4. The Labute approximate surface area is 104 Å². The lowest BCUT2D eigenvalue weighted by Gasteiger charge is -2.23. The van der Waals surface area contributed by atoms with Gasteiger partial charge in [0.2, 0.25) is 0 Å². The average Bonchev–Trinajstić information content (AvgIpc) is 2.15. The van der Waals surface area contributed by atoms with Crippen LogP contribution in [0.5, 0.6) is 0 Å². The lowest BCUT2D eigenvalue weighted by molar-refractivity contribution is 0.337. The number of halogens is 1. The zero-order valence-corrected chi connectivity index (χ0v) is 11.6. The van der Waals surface area contributed by atoms with Crippen LogP contribution < -0.4 is 5.32 Å². The van der Waals surface area contributed by atoms with E-state index in [-0.39, 0.29) is 11.9 Å². The lowest BCUT2D eigenvalue weighted by Crippen LogP contribution is -2.19. The molecule has 1 atom stereocenters. The summed E-state index contributed by atoms with van der Waals surface area (Å²) in [4.78, 5) is 0. The molecule has 0 saturated carbocycles. The minimum absolute atomic E-state index is 0.143. The molecule has 0 fully saturated rings. The summed E-state index contributed by atoms with van der Waals surface area (Å²) >= 11 is 0. The van der Waals surface area contributed by atoms with Crippen molar-refractivity contribution in [1.82, 2.24) is 5.32 Å². The highest BCUT2D eigenvalue weighted by Gasteiger charge is 2.16. The van der Waals surface area contributed by atoms with Gasteiger partial charge in [-0.05, 0) is 55.5 Å². The van der Waals surface area contributed by atoms with Gasteiger partial charge in [-0.25, -0.2) is 4.39 Å². The maximum atomic E-state index is 13.4. The third-order valence-electron chi connectivity index (χ3n) is 3.00. The van der Waals surface area contributed by atoms with E-state index in [0.29, 0.717) is 5.41 Å². The molecule has 0 aliphatic carbocycles. The van der Waals surface area contributed by atoms with E-state index in [2.05, 4.69) is 32.2 Å². The third kappa shape index (κ3) is 4.86. The second-order valence-electron chi connectivity index (χ2n) is 6.00. The van der Waals surface area contributed by atoms with Crippen LogP contribution in [0.3, 0.4) is 0 Å². The summed E-state index contributed by atoms with van der Waals surface area (Å²) in [6, 6.07) is 5.51. The van der Waals surface area contributed by atoms with Crippen molar-refractivity contribution in [2.45, 2.75) is 46.6 Å². The molecule has 1 rings (SSSR count). The van der Waals surface area contributed by atoms with E-state index in [1.165, 1.54) is 0 Å². The van der Waals surface area contributed by atoms with Crippen molar-refractivity contribution in [2.24, 2.45) is 5.41 Å². The Balaban J connectivity index is 2.79. The van der Waals surface area contributed by atoms with E-state index >= 15 is 0 Å². The molecule has 1 nitrogen and oxygen atoms in total. The number of hydrogen-bond donors (Lipinski definition) is 1. The predicted molar refractivity (Wildman–Crippen MR) is 71.6 cm³/mol. The van der Waals surface area contributed by atoms with Gasteiger partial charge in [0.1, 0.15) is 5.82 Å². The monoisotopic (exact) mass is 237 g/mol. The van der Waals surface area contributed by atoms with Gasteiger partial charge in [0.05, 0.1) is 0 Å². The summed E-state index contributed by atoms with van der Waals surface area (Å²) in [5, 5.41) is 3.28. The number of nitrogens with one attached hydrogen (secondary N) is 1. The first-order valence-electron chi connectivity index (χ1n) is 6.26. The Hall–Kier alpha value is -0.890. The first-order chi connectivity index (χ1) is 7.81. The van der Waals surface area contributed by atoms with Crippen LogP contribution in [-0.4, -0.2) is 7.05 Å². The normalized spacial score (nSPS) is 13.8. The van der Waals surface area contributed by atoms with Gasteiger partial charge < -0.3 is 5.32 Å². The molecule has 0 bridgehead atoms. The van der Waals surface area contributed by atoms with Crippen molar-refractivity contribution < 1.29 is 4.39 Å².